The Morgan fingerprint density at radius 3 is 2.50 bits per heavy atom. The summed E-state index contributed by atoms with van der Waals surface area (Å²) in [5.41, 5.74) is 3.91. The van der Waals surface area contributed by atoms with E-state index in [1.165, 1.54) is 0 Å². The summed E-state index contributed by atoms with van der Waals surface area (Å²) in [6.07, 6.45) is 0.980. The predicted molar refractivity (Wildman–Crippen MR) is 135 cm³/mol. The maximum atomic E-state index is 13.7. The van der Waals surface area contributed by atoms with Gasteiger partial charge in [0.15, 0.2) is 17.3 Å². The van der Waals surface area contributed by atoms with Gasteiger partial charge in [0, 0.05) is 29.3 Å². The lowest BCUT2D eigenvalue weighted by atomic mass is 9.69. The first-order valence-corrected chi connectivity index (χ1v) is 12.4. The molecule has 2 aromatic rings. The highest BCUT2D eigenvalue weighted by atomic mass is 16.7. The van der Waals surface area contributed by atoms with Crippen LogP contribution in [0.15, 0.2) is 58.7 Å². The lowest BCUT2D eigenvalue weighted by Gasteiger charge is -2.36. The van der Waals surface area contributed by atoms with Crippen LogP contribution in [0, 0.1) is 11.8 Å². The van der Waals surface area contributed by atoms with Crippen LogP contribution >= 0.6 is 0 Å². The van der Waals surface area contributed by atoms with Crippen LogP contribution in [-0.4, -0.2) is 38.0 Å². The molecule has 0 aromatic heterocycles. The van der Waals surface area contributed by atoms with E-state index in [1.807, 2.05) is 63.2 Å². The minimum absolute atomic E-state index is 0.0117. The molecule has 1 aliphatic carbocycles. The summed E-state index contributed by atoms with van der Waals surface area (Å²) in [6, 6.07) is 13.5. The largest absolute Gasteiger partial charge is 0.497 e. The van der Waals surface area contributed by atoms with Crippen molar-refractivity contribution in [1.82, 2.24) is 0 Å². The smallest absolute Gasteiger partial charge is 0.315 e. The molecule has 0 saturated heterocycles. The quantitative estimate of drug-likeness (QED) is 0.519. The number of carbonyl (C=O) groups excluding carboxylic acids is 2. The van der Waals surface area contributed by atoms with E-state index in [1.54, 1.807) is 7.11 Å². The second-order valence-electron chi connectivity index (χ2n) is 10.0. The van der Waals surface area contributed by atoms with Crippen LogP contribution < -0.4 is 14.2 Å². The van der Waals surface area contributed by atoms with E-state index in [9.17, 15) is 9.59 Å². The van der Waals surface area contributed by atoms with Crippen molar-refractivity contribution in [3.63, 3.8) is 0 Å². The second-order valence-corrected chi connectivity index (χ2v) is 10.0. The molecule has 0 radical (unpaired) electrons. The molecule has 1 unspecified atom stereocenters. The van der Waals surface area contributed by atoms with Crippen LogP contribution in [0.5, 0.6) is 17.2 Å². The molecule has 7 heteroatoms. The molecule has 0 spiro atoms. The Bertz CT molecular complexity index is 1240. The maximum absolute atomic E-state index is 13.7. The van der Waals surface area contributed by atoms with Gasteiger partial charge in [-0.2, -0.15) is 0 Å². The van der Waals surface area contributed by atoms with E-state index in [2.05, 4.69) is 0 Å². The van der Waals surface area contributed by atoms with Gasteiger partial charge < -0.3 is 18.9 Å². The topological polar surface area (TPSA) is 83.4 Å². The average Bonchev–Trinajstić information content (AvgIpc) is 3.34. The summed E-state index contributed by atoms with van der Waals surface area (Å²) in [4.78, 5) is 31.9. The molecule has 2 aliphatic heterocycles. The van der Waals surface area contributed by atoms with E-state index < -0.39 is 11.8 Å². The predicted octanol–water partition coefficient (Wildman–Crippen LogP) is 5.20. The molecular formula is C29H31NO6. The Balaban J connectivity index is 1.54. The summed E-state index contributed by atoms with van der Waals surface area (Å²) in [5.74, 6) is 0.752. The van der Waals surface area contributed by atoms with Crippen molar-refractivity contribution in [1.29, 1.82) is 0 Å². The van der Waals surface area contributed by atoms with Gasteiger partial charge in [-0.05, 0) is 60.6 Å². The third-order valence-electron chi connectivity index (χ3n) is 7.04. The van der Waals surface area contributed by atoms with Crippen LogP contribution in [0.3, 0.4) is 0 Å². The standard InChI is InChI=1S/C29H31NO6/c1-16(2)14-34-29(32)26-17(3)30-22-11-20(18-5-8-21(33-4)9-6-18)12-23(31)28(22)27(26)19-7-10-24-25(13-19)36-15-35-24/h5-10,13,16,20,26-27H,11-12,14-15H2,1-4H3/t20-,26?,27+/m0/s1. The van der Waals surface area contributed by atoms with Crippen LogP contribution in [0.4, 0.5) is 0 Å². The summed E-state index contributed by atoms with van der Waals surface area (Å²) < 4.78 is 22.0. The number of aliphatic imine (C=N–C) groups is 1. The number of Topliss-reactive ketones (excluding diaryl/α,β-unsaturated/α-hetero) is 1. The number of carbonyl (C=O) groups is 2. The molecule has 0 N–H and O–H groups in total. The number of allylic oxidation sites excluding steroid dienone is 2. The summed E-state index contributed by atoms with van der Waals surface area (Å²) >= 11 is 0. The highest BCUT2D eigenvalue weighted by molar-refractivity contribution is 6.09. The molecule has 7 nitrogen and oxygen atoms in total. The lowest BCUT2D eigenvalue weighted by molar-refractivity contribution is -0.147. The first-order valence-electron chi connectivity index (χ1n) is 12.4. The van der Waals surface area contributed by atoms with Gasteiger partial charge in [0.25, 0.3) is 0 Å². The van der Waals surface area contributed by atoms with Gasteiger partial charge in [-0.3, -0.25) is 14.6 Å². The van der Waals surface area contributed by atoms with Crippen molar-refractivity contribution < 1.29 is 28.5 Å². The number of fused-ring (bicyclic) bond motifs is 1. The van der Waals surface area contributed by atoms with Gasteiger partial charge in [0.2, 0.25) is 6.79 Å². The first kappa shape index (κ1) is 24.1. The Labute approximate surface area is 211 Å². The van der Waals surface area contributed by atoms with Crippen molar-refractivity contribution in [2.24, 2.45) is 16.8 Å². The van der Waals surface area contributed by atoms with Gasteiger partial charge in [0.1, 0.15) is 11.7 Å². The minimum atomic E-state index is -0.677. The van der Waals surface area contributed by atoms with Crippen molar-refractivity contribution in [3.8, 4) is 17.2 Å². The van der Waals surface area contributed by atoms with E-state index >= 15 is 0 Å². The van der Waals surface area contributed by atoms with Crippen LogP contribution in [0.2, 0.25) is 0 Å². The lowest BCUT2D eigenvalue weighted by Crippen LogP contribution is -2.38. The van der Waals surface area contributed by atoms with Gasteiger partial charge in [0.05, 0.1) is 13.7 Å². The molecule has 0 saturated carbocycles. The van der Waals surface area contributed by atoms with Gasteiger partial charge >= 0.3 is 5.97 Å². The van der Waals surface area contributed by atoms with E-state index in [-0.39, 0.29) is 30.4 Å². The number of ketones is 1. The van der Waals surface area contributed by atoms with E-state index in [4.69, 9.17) is 23.9 Å². The van der Waals surface area contributed by atoms with E-state index in [0.29, 0.717) is 42.2 Å². The fraction of sp³-hybridized carbons (Fsp3) is 0.414. The zero-order valence-corrected chi connectivity index (χ0v) is 21.1. The molecule has 2 heterocycles. The third kappa shape index (κ3) is 4.50. The Hall–Kier alpha value is -3.61. The molecule has 188 valence electrons. The molecule has 2 aromatic carbocycles. The van der Waals surface area contributed by atoms with Crippen molar-refractivity contribution in [2.45, 2.75) is 45.4 Å². The Kier molecular flexibility index (Phi) is 6.56. The van der Waals surface area contributed by atoms with Gasteiger partial charge in [-0.25, -0.2) is 0 Å². The molecule has 3 atom stereocenters. The maximum Gasteiger partial charge on any atom is 0.315 e. The van der Waals surface area contributed by atoms with Gasteiger partial charge in [-0.15, -0.1) is 0 Å². The molecule has 0 fully saturated rings. The van der Waals surface area contributed by atoms with Crippen LogP contribution in [0.25, 0.3) is 0 Å². The zero-order valence-electron chi connectivity index (χ0n) is 21.1. The summed E-state index contributed by atoms with van der Waals surface area (Å²) in [6.45, 7) is 6.31. The molecular weight excluding hydrogens is 458 g/mol. The highest BCUT2D eigenvalue weighted by Crippen LogP contribution is 2.48. The molecule has 3 aliphatic rings. The number of esters is 1. The Morgan fingerprint density at radius 1 is 1.06 bits per heavy atom. The van der Waals surface area contributed by atoms with Crippen molar-refractivity contribution in [2.75, 3.05) is 20.5 Å². The molecule has 5 rings (SSSR count). The number of hydrogen-bond acceptors (Lipinski definition) is 7. The number of hydrogen-bond donors (Lipinski definition) is 0. The first-order chi connectivity index (χ1) is 17.4. The summed E-state index contributed by atoms with van der Waals surface area (Å²) in [5, 5.41) is 0. The fourth-order valence-electron chi connectivity index (χ4n) is 5.28. The number of methoxy groups -OCH3 is 1. The second kappa shape index (κ2) is 9.80. The van der Waals surface area contributed by atoms with Crippen LogP contribution in [-0.2, 0) is 14.3 Å². The molecule has 0 amide bonds. The van der Waals surface area contributed by atoms with E-state index in [0.717, 1.165) is 22.6 Å². The Morgan fingerprint density at radius 2 is 1.78 bits per heavy atom. The zero-order chi connectivity index (χ0) is 25.4. The third-order valence-corrected chi connectivity index (χ3v) is 7.04. The number of nitrogens with zero attached hydrogens (tertiary/aromatic N) is 1. The molecule has 0 bridgehead atoms. The van der Waals surface area contributed by atoms with Gasteiger partial charge in [-0.1, -0.05) is 32.0 Å². The molecule has 36 heavy (non-hydrogen) atoms. The van der Waals surface area contributed by atoms with Crippen LogP contribution in [0.1, 0.15) is 56.6 Å². The van der Waals surface area contributed by atoms with Crippen molar-refractivity contribution in [3.05, 3.63) is 64.9 Å². The number of rotatable bonds is 6. The highest BCUT2D eigenvalue weighted by Gasteiger charge is 2.45. The SMILES string of the molecule is COc1ccc([C@@H]2CC(=O)C3=C(C2)N=C(C)C(C(=O)OCC(C)C)[C@H]3c2ccc3c(c2)OCO3)cc1. The normalized spacial score (nSPS) is 22.9. The monoisotopic (exact) mass is 489 g/mol. The average molecular weight is 490 g/mol. The fourth-order valence-corrected chi connectivity index (χ4v) is 5.28. The minimum Gasteiger partial charge on any atom is -0.497 e. The van der Waals surface area contributed by atoms with Crippen molar-refractivity contribution >= 4 is 17.5 Å². The number of benzene rings is 2. The number of ether oxygens (including phenoxy) is 4. The summed E-state index contributed by atoms with van der Waals surface area (Å²) in [7, 11) is 1.63.